The van der Waals surface area contributed by atoms with Crippen molar-refractivity contribution in [2.75, 3.05) is 0 Å². The number of carbonyl (C=O) groups excluding carboxylic acids is 1. The third-order valence-electron chi connectivity index (χ3n) is 3.12. The van der Waals surface area contributed by atoms with Crippen LogP contribution in [-0.2, 0) is 11.2 Å². The molecule has 1 heteroatoms. The highest BCUT2D eigenvalue weighted by atomic mass is 16.1. The van der Waals surface area contributed by atoms with E-state index in [-0.39, 0.29) is 11.8 Å². The fraction of sp³-hybridized carbons (Fsp3) is 0.562. The Morgan fingerprint density at radius 1 is 1.00 bits per heavy atom. The molecule has 17 heavy (non-hydrogen) atoms. The molecule has 0 aliphatic heterocycles. The van der Waals surface area contributed by atoms with Gasteiger partial charge in [-0.2, -0.15) is 0 Å². The van der Waals surface area contributed by atoms with Crippen LogP contribution < -0.4 is 0 Å². The van der Waals surface area contributed by atoms with E-state index in [9.17, 15) is 4.79 Å². The van der Waals surface area contributed by atoms with E-state index >= 15 is 0 Å². The molecule has 1 nitrogen and oxygen atoms in total. The molecule has 0 saturated carbocycles. The van der Waals surface area contributed by atoms with Crippen molar-refractivity contribution in [2.24, 2.45) is 11.8 Å². The first kappa shape index (κ1) is 14.0. The second-order valence-electron chi connectivity index (χ2n) is 5.62. The average Bonchev–Trinajstić information content (AvgIpc) is 2.27. The topological polar surface area (TPSA) is 17.1 Å². The summed E-state index contributed by atoms with van der Waals surface area (Å²) in [6.45, 7) is 10.4. The molecule has 0 bridgehead atoms. The molecule has 1 atom stereocenters. The lowest BCUT2D eigenvalue weighted by Crippen LogP contribution is -2.15. The number of hydrogen-bond donors (Lipinski definition) is 0. The lowest BCUT2D eigenvalue weighted by atomic mass is 9.89. The fourth-order valence-electron chi connectivity index (χ4n) is 2.08. The first-order valence-electron chi connectivity index (χ1n) is 6.54. The van der Waals surface area contributed by atoms with Crippen LogP contribution in [0.5, 0.6) is 0 Å². The van der Waals surface area contributed by atoms with E-state index in [0.29, 0.717) is 11.7 Å². The molecule has 0 amide bonds. The van der Waals surface area contributed by atoms with Crippen LogP contribution in [0.1, 0.15) is 51.7 Å². The van der Waals surface area contributed by atoms with Crippen LogP contribution in [0.25, 0.3) is 0 Å². The Balaban J connectivity index is 2.77. The third-order valence-corrected chi connectivity index (χ3v) is 3.12. The van der Waals surface area contributed by atoms with Crippen molar-refractivity contribution in [3.8, 4) is 0 Å². The number of carbonyl (C=O) groups is 1. The number of hydrogen-bond acceptors (Lipinski definition) is 1. The summed E-state index contributed by atoms with van der Waals surface area (Å²) in [4.78, 5) is 11.9. The Morgan fingerprint density at radius 3 is 1.94 bits per heavy atom. The van der Waals surface area contributed by atoms with Gasteiger partial charge >= 0.3 is 0 Å². The second kappa shape index (κ2) is 6.00. The van der Waals surface area contributed by atoms with Gasteiger partial charge in [0.25, 0.3) is 0 Å². The number of rotatable bonds is 5. The molecule has 0 aromatic heterocycles. The lowest BCUT2D eigenvalue weighted by Gasteiger charge is -2.14. The Hall–Kier alpha value is -1.11. The molecule has 1 aromatic carbocycles. The SMILES string of the molecule is CC(C)Cc1ccc([C@H](C)C(=O)C(C)C)cc1. The highest BCUT2D eigenvalue weighted by molar-refractivity contribution is 5.86. The Labute approximate surface area is 105 Å². The molecule has 0 saturated heterocycles. The van der Waals surface area contributed by atoms with Crippen LogP contribution in [0.4, 0.5) is 0 Å². The summed E-state index contributed by atoms with van der Waals surface area (Å²) < 4.78 is 0. The van der Waals surface area contributed by atoms with E-state index in [2.05, 4.69) is 38.1 Å². The molecule has 0 aliphatic carbocycles. The van der Waals surface area contributed by atoms with Crippen molar-refractivity contribution in [2.45, 2.75) is 47.0 Å². The van der Waals surface area contributed by atoms with E-state index in [1.165, 1.54) is 5.56 Å². The minimum absolute atomic E-state index is 0.0168. The Morgan fingerprint density at radius 2 is 1.53 bits per heavy atom. The van der Waals surface area contributed by atoms with Crippen LogP contribution in [-0.4, -0.2) is 5.78 Å². The van der Waals surface area contributed by atoms with Gasteiger partial charge < -0.3 is 0 Å². The van der Waals surface area contributed by atoms with Gasteiger partial charge in [-0.1, -0.05) is 58.9 Å². The van der Waals surface area contributed by atoms with Crippen molar-refractivity contribution < 1.29 is 4.79 Å². The minimum Gasteiger partial charge on any atom is -0.299 e. The normalized spacial score (nSPS) is 13.1. The summed E-state index contributed by atoms with van der Waals surface area (Å²) in [6, 6.07) is 8.50. The van der Waals surface area contributed by atoms with E-state index in [1.54, 1.807) is 0 Å². The largest absolute Gasteiger partial charge is 0.299 e. The maximum Gasteiger partial charge on any atom is 0.142 e. The molecule has 1 aromatic rings. The second-order valence-corrected chi connectivity index (χ2v) is 5.62. The van der Waals surface area contributed by atoms with Gasteiger partial charge in [-0.15, -0.1) is 0 Å². The van der Waals surface area contributed by atoms with Crippen LogP contribution in [0, 0.1) is 11.8 Å². The number of ketones is 1. The van der Waals surface area contributed by atoms with Gasteiger partial charge in [0.15, 0.2) is 0 Å². The molecule has 0 N–H and O–H groups in total. The van der Waals surface area contributed by atoms with Gasteiger partial charge in [0.05, 0.1) is 0 Å². The van der Waals surface area contributed by atoms with E-state index in [4.69, 9.17) is 0 Å². The van der Waals surface area contributed by atoms with Gasteiger partial charge in [0.2, 0.25) is 0 Å². The van der Waals surface area contributed by atoms with Gasteiger partial charge in [-0.25, -0.2) is 0 Å². The number of Topliss-reactive ketones (excluding diaryl/α,β-unsaturated/α-hetero) is 1. The fourth-order valence-corrected chi connectivity index (χ4v) is 2.08. The van der Waals surface area contributed by atoms with Crippen molar-refractivity contribution in [3.05, 3.63) is 35.4 Å². The van der Waals surface area contributed by atoms with E-state index < -0.39 is 0 Å². The Kier molecular flexibility index (Phi) is 4.92. The minimum atomic E-state index is 0.0168. The monoisotopic (exact) mass is 232 g/mol. The summed E-state index contributed by atoms with van der Waals surface area (Å²) in [5, 5.41) is 0. The molecule has 0 unspecified atom stereocenters. The molecule has 0 aliphatic rings. The van der Waals surface area contributed by atoms with Crippen molar-refractivity contribution in [1.29, 1.82) is 0 Å². The van der Waals surface area contributed by atoms with Crippen molar-refractivity contribution in [1.82, 2.24) is 0 Å². The average molecular weight is 232 g/mol. The molecular formula is C16H24O. The predicted octanol–water partition coefficient (Wildman–Crippen LogP) is 4.21. The van der Waals surface area contributed by atoms with Crippen LogP contribution in [0.2, 0.25) is 0 Å². The zero-order chi connectivity index (χ0) is 13.0. The van der Waals surface area contributed by atoms with Gasteiger partial charge in [0, 0.05) is 11.8 Å². The molecular weight excluding hydrogens is 208 g/mol. The number of benzene rings is 1. The smallest absolute Gasteiger partial charge is 0.142 e. The molecule has 94 valence electrons. The zero-order valence-corrected chi connectivity index (χ0v) is 11.7. The highest BCUT2D eigenvalue weighted by Gasteiger charge is 2.17. The molecule has 0 fully saturated rings. The van der Waals surface area contributed by atoms with Gasteiger partial charge in [0.1, 0.15) is 5.78 Å². The van der Waals surface area contributed by atoms with Crippen molar-refractivity contribution in [3.63, 3.8) is 0 Å². The van der Waals surface area contributed by atoms with Gasteiger partial charge in [-0.05, 0) is 23.5 Å². The van der Waals surface area contributed by atoms with Crippen molar-refractivity contribution >= 4 is 5.78 Å². The molecule has 0 spiro atoms. The summed E-state index contributed by atoms with van der Waals surface area (Å²) in [6.07, 6.45) is 1.10. The van der Waals surface area contributed by atoms with E-state index in [0.717, 1.165) is 12.0 Å². The molecule has 0 heterocycles. The standard InChI is InChI=1S/C16H24O/c1-11(2)10-14-6-8-15(9-7-14)13(5)16(17)12(3)4/h6-9,11-13H,10H2,1-5H3/t13-/m0/s1. The van der Waals surface area contributed by atoms with Gasteiger partial charge in [-0.3, -0.25) is 4.79 Å². The predicted molar refractivity (Wildman–Crippen MR) is 73.2 cm³/mol. The summed E-state index contributed by atoms with van der Waals surface area (Å²) in [7, 11) is 0. The quantitative estimate of drug-likeness (QED) is 0.743. The Bertz CT molecular complexity index is 360. The summed E-state index contributed by atoms with van der Waals surface area (Å²) in [5.41, 5.74) is 2.49. The van der Waals surface area contributed by atoms with Crippen LogP contribution >= 0.6 is 0 Å². The zero-order valence-electron chi connectivity index (χ0n) is 11.7. The van der Waals surface area contributed by atoms with E-state index in [1.807, 2.05) is 20.8 Å². The molecule has 0 radical (unpaired) electrons. The van der Waals surface area contributed by atoms with Crippen LogP contribution in [0.15, 0.2) is 24.3 Å². The first-order valence-corrected chi connectivity index (χ1v) is 6.54. The van der Waals surface area contributed by atoms with Crippen LogP contribution in [0.3, 0.4) is 0 Å². The first-order chi connectivity index (χ1) is 7.91. The maximum atomic E-state index is 11.9. The summed E-state index contributed by atoms with van der Waals surface area (Å²) in [5.74, 6) is 1.13. The summed E-state index contributed by atoms with van der Waals surface area (Å²) >= 11 is 0. The molecule has 1 rings (SSSR count). The lowest BCUT2D eigenvalue weighted by molar-refractivity contribution is -0.123. The highest BCUT2D eigenvalue weighted by Crippen LogP contribution is 2.21. The maximum absolute atomic E-state index is 11.9. The third kappa shape index (κ3) is 3.99.